The van der Waals surface area contributed by atoms with Crippen LogP contribution in [0.4, 0.5) is 14.5 Å². The molecule has 0 aromatic heterocycles. The molecule has 6 heteroatoms. The quantitative estimate of drug-likeness (QED) is 0.536. The first-order chi connectivity index (χ1) is 13.5. The highest BCUT2D eigenvalue weighted by Crippen LogP contribution is 2.38. The van der Waals surface area contributed by atoms with Crippen LogP contribution in [0.5, 0.6) is 5.75 Å². The molecule has 0 unspecified atom stereocenters. The summed E-state index contributed by atoms with van der Waals surface area (Å²) in [6.07, 6.45) is 0. The molecule has 0 aliphatic heterocycles. The van der Waals surface area contributed by atoms with E-state index in [1.807, 2.05) is 37.3 Å². The number of methoxy groups -OCH3 is 1. The van der Waals surface area contributed by atoms with Crippen LogP contribution in [0.25, 0.3) is 0 Å². The molecule has 1 amide bonds. The predicted octanol–water partition coefficient (Wildman–Crippen LogP) is 5.75. The summed E-state index contributed by atoms with van der Waals surface area (Å²) in [6, 6.07) is 17.8. The van der Waals surface area contributed by atoms with E-state index in [0.29, 0.717) is 17.0 Å². The molecule has 1 atom stereocenters. The molecular weight excluding hydrogens is 380 g/mol. The second-order valence-corrected chi connectivity index (χ2v) is 7.32. The zero-order valence-electron chi connectivity index (χ0n) is 15.4. The van der Waals surface area contributed by atoms with E-state index in [1.165, 1.54) is 19.2 Å². The normalized spacial score (nSPS) is 11.7. The third-order valence-electron chi connectivity index (χ3n) is 4.09. The minimum Gasteiger partial charge on any atom is -0.495 e. The lowest BCUT2D eigenvalue weighted by Crippen LogP contribution is -2.19. The van der Waals surface area contributed by atoms with Crippen molar-refractivity contribution in [3.05, 3.63) is 89.5 Å². The van der Waals surface area contributed by atoms with E-state index in [9.17, 15) is 13.6 Å². The number of amides is 1. The van der Waals surface area contributed by atoms with Crippen LogP contribution in [0, 0.1) is 18.6 Å². The van der Waals surface area contributed by atoms with E-state index >= 15 is 0 Å². The first kappa shape index (κ1) is 19.9. The van der Waals surface area contributed by atoms with E-state index in [0.717, 1.165) is 23.4 Å². The van der Waals surface area contributed by atoms with Gasteiger partial charge in [-0.15, -0.1) is 11.8 Å². The number of halogens is 2. The fourth-order valence-corrected chi connectivity index (χ4v) is 3.75. The number of benzene rings is 3. The van der Waals surface area contributed by atoms with Crippen LogP contribution in [0.3, 0.4) is 0 Å². The maximum absolute atomic E-state index is 14.2. The lowest BCUT2D eigenvalue weighted by Gasteiger charge is -2.19. The van der Waals surface area contributed by atoms with E-state index in [-0.39, 0.29) is 10.8 Å². The average molecular weight is 399 g/mol. The molecule has 0 bridgehead atoms. The van der Waals surface area contributed by atoms with Gasteiger partial charge in [-0.05, 0) is 42.3 Å². The zero-order chi connectivity index (χ0) is 20.1. The fraction of sp³-hybridized carbons (Fsp3) is 0.136. The van der Waals surface area contributed by atoms with Gasteiger partial charge in [0.25, 0.3) is 0 Å². The van der Waals surface area contributed by atoms with Crippen LogP contribution in [-0.2, 0) is 4.79 Å². The monoisotopic (exact) mass is 399 g/mol. The van der Waals surface area contributed by atoms with Gasteiger partial charge in [-0.1, -0.05) is 36.4 Å². The van der Waals surface area contributed by atoms with Crippen LogP contribution in [0.1, 0.15) is 16.4 Å². The molecular formula is C22H19F2NO2S. The highest BCUT2D eigenvalue weighted by molar-refractivity contribution is 8.00. The van der Waals surface area contributed by atoms with Gasteiger partial charge in [0.1, 0.15) is 22.6 Å². The minimum atomic E-state index is -0.730. The largest absolute Gasteiger partial charge is 0.495 e. The summed E-state index contributed by atoms with van der Waals surface area (Å²) >= 11 is 1.03. The molecule has 144 valence electrons. The Labute approximate surface area is 166 Å². The molecule has 28 heavy (non-hydrogen) atoms. The highest BCUT2D eigenvalue weighted by atomic mass is 32.2. The number of hydrogen-bond donors (Lipinski definition) is 1. The van der Waals surface area contributed by atoms with Gasteiger partial charge in [0.05, 0.1) is 12.8 Å². The van der Waals surface area contributed by atoms with Crippen molar-refractivity contribution in [1.82, 2.24) is 0 Å². The molecule has 0 fully saturated rings. The molecule has 0 spiro atoms. The van der Waals surface area contributed by atoms with Gasteiger partial charge in [0.15, 0.2) is 0 Å². The Morgan fingerprint density at radius 3 is 2.46 bits per heavy atom. The number of rotatable bonds is 6. The van der Waals surface area contributed by atoms with Gasteiger partial charge in [-0.3, -0.25) is 4.79 Å². The molecule has 0 aliphatic carbocycles. The maximum Gasteiger partial charge on any atom is 0.242 e. The number of anilines is 1. The van der Waals surface area contributed by atoms with Crippen molar-refractivity contribution in [2.24, 2.45) is 0 Å². The summed E-state index contributed by atoms with van der Waals surface area (Å²) < 4.78 is 32.7. The molecule has 3 nitrogen and oxygen atoms in total. The topological polar surface area (TPSA) is 38.3 Å². The van der Waals surface area contributed by atoms with Crippen molar-refractivity contribution < 1.29 is 18.3 Å². The SMILES string of the molecule is COc1ccc(C)cc1NC(=O)[C@@H](Sc1ccc(F)cc1F)c1ccccc1. The molecule has 3 aromatic carbocycles. The highest BCUT2D eigenvalue weighted by Gasteiger charge is 2.24. The van der Waals surface area contributed by atoms with E-state index in [4.69, 9.17) is 4.74 Å². The molecule has 0 aliphatic rings. The molecule has 1 N–H and O–H groups in total. The second kappa shape index (κ2) is 8.89. The summed E-state index contributed by atoms with van der Waals surface area (Å²) in [5, 5.41) is 2.14. The third-order valence-corrected chi connectivity index (χ3v) is 5.40. The Kier molecular flexibility index (Phi) is 6.31. The lowest BCUT2D eigenvalue weighted by atomic mass is 10.1. The van der Waals surface area contributed by atoms with Gasteiger partial charge in [0, 0.05) is 11.0 Å². The van der Waals surface area contributed by atoms with E-state index < -0.39 is 16.9 Å². The minimum absolute atomic E-state index is 0.196. The van der Waals surface area contributed by atoms with Gasteiger partial charge < -0.3 is 10.1 Å². The zero-order valence-corrected chi connectivity index (χ0v) is 16.2. The van der Waals surface area contributed by atoms with Crippen LogP contribution in [-0.4, -0.2) is 13.0 Å². The number of aryl methyl sites for hydroxylation is 1. The van der Waals surface area contributed by atoms with E-state index in [1.54, 1.807) is 18.2 Å². The first-order valence-electron chi connectivity index (χ1n) is 8.60. The van der Waals surface area contributed by atoms with Crippen LogP contribution in [0.2, 0.25) is 0 Å². The number of thioether (sulfide) groups is 1. The van der Waals surface area contributed by atoms with Crippen molar-refractivity contribution in [1.29, 1.82) is 0 Å². The number of nitrogens with one attached hydrogen (secondary N) is 1. The Morgan fingerprint density at radius 2 is 1.79 bits per heavy atom. The molecule has 0 saturated heterocycles. The number of hydrogen-bond acceptors (Lipinski definition) is 3. The number of carbonyl (C=O) groups is 1. The molecule has 0 saturated carbocycles. The molecule has 0 radical (unpaired) electrons. The smallest absolute Gasteiger partial charge is 0.242 e. The van der Waals surface area contributed by atoms with Gasteiger partial charge in [0.2, 0.25) is 5.91 Å². The van der Waals surface area contributed by atoms with Crippen LogP contribution in [0.15, 0.2) is 71.6 Å². The standard InChI is InChI=1S/C22H19F2NO2S/c1-14-8-10-19(27-2)18(12-14)25-22(26)21(15-6-4-3-5-7-15)28-20-11-9-16(23)13-17(20)24/h3-13,21H,1-2H3,(H,25,26)/t21-/m0/s1. The Balaban J connectivity index is 1.93. The summed E-state index contributed by atoms with van der Waals surface area (Å²) in [5.74, 6) is -1.16. The van der Waals surface area contributed by atoms with Crippen LogP contribution < -0.4 is 10.1 Å². The van der Waals surface area contributed by atoms with Crippen molar-refractivity contribution >= 4 is 23.4 Å². The second-order valence-electron chi connectivity index (χ2n) is 6.18. The molecule has 0 heterocycles. The number of carbonyl (C=O) groups excluding carboxylic acids is 1. The van der Waals surface area contributed by atoms with Crippen molar-refractivity contribution in [2.75, 3.05) is 12.4 Å². The Bertz CT molecular complexity index is 980. The van der Waals surface area contributed by atoms with Gasteiger partial charge in [-0.25, -0.2) is 8.78 Å². The summed E-state index contributed by atoms with van der Waals surface area (Å²) in [7, 11) is 1.53. The Morgan fingerprint density at radius 1 is 1.04 bits per heavy atom. The molecule has 3 aromatic rings. The fourth-order valence-electron chi connectivity index (χ4n) is 2.72. The van der Waals surface area contributed by atoms with Gasteiger partial charge >= 0.3 is 0 Å². The first-order valence-corrected chi connectivity index (χ1v) is 9.48. The van der Waals surface area contributed by atoms with Crippen LogP contribution >= 0.6 is 11.8 Å². The summed E-state index contributed by atoms with van der Waals surface area (Å²) in [6.45, 7) is 1.91. The van der Waals surface area contributed by atoms with E-state index in [2.05, 4.69) is 5.32 Å². The van der Waals surface area contributed by atoms with Crippen molar-refractivity contribution in [3.8, 4) is 5.75 Å². The van der Waals surface area contributed by atoms with Gasteiger partial charge in [-0.2, -0.15) is 0 Å². The predicted molar refractivity (Wildman–Crippen MR) is 108 cm³/mol. The Hall–Kier alpha value is -2.86. The summed E-state index contributed by atoms with van der Waals surface area (Å²) in [5.41, 5.74) is 2.21. The number of ether oxygens (including phenoxy) is 1. The maximum atomic E-state index is 14.2. The molecule has 3 rings (SSSR count). The van der Waals surface area contributed by atoms with Crippen molar-refractivity contribution in [3.63, 3.8) is 0 Å². The lowest BCUT2D eigenvalue weighted by molar-refractivity contribution is -0.115. The van der Waals surface area contributed by atoms with Crippen molar-refractivity contribution in [2.45, 2.75) is 17.1 Å². The third kappa shape index (κ3) is 4.70. The summed E-state index contributed by atoms with van der Waals surface area (Å²) in [4.78, 5) is 13.3. The average Bonchev–Trinajstić information content (AvgIpc) is 2.68.